The number of nitrogens with two attached hydrogens (primary N) is 1. The van der Waals surface area contributed by atoms with E-state index >= 15 is 0 Å². The minimum atomic E-state index is -5.05. The Labute approximate surface area is 204 Å². The number of nitrogens with zero attached hydrogens (tertiary/aromatic N) is 2. The highest BCUT2D eigenvalue weighted by Crippen LogP contribution is 2.37. The summed E-state index contributed by atoms with van der Waals surface area (Å²) in [6.07, 6.45) is -3.68. The molecule has 0 bridgehead atoms. The Morgan fingerprint density at radius 1 is 1.11 bits per heavy atom. The van der Waals surface area contributed by atoms with Gasteiger partial charge in [0.15, 0.2) is 0 Å². The van der Waals surface area contributed by atoms with E-state index in [1.165, 1.54) is 18.2 Å². The summed E-state index contributed by atoms with van der Waals surface area (Å²) in [5.41, 5.74) is 1.05. The number of primary amides is 1. The van der Waals surface area contributed by atoms with Crippen molar-refractivity contribution in [3.8, 4) is 0 Å². The Morgan fingerprint density at radius 2 is 1.64 bits per heavy atom. The van der Waals surface area contributed by atoms with Crippen LogP contribution in [0.4, 0.5) is 30.7 Å². The highest BCUT2D eigenvalue weighted by Gasteiger charge is 2.37. The summed E-state index contributed by atoms with van der Waals surface area (Å²) in [5, 5.41) is 5.00. The lowest BCUT2D eigenvalue weighted by molar-refractivity contribution is -0.143. The molecule has 0 aliphatic heterocycles. The lowest BCUT2D eigenvalue weighted by Crippen LogP contribution is -2.21. The average Bonchev–Trinajstić information content (AvgIpc) is 2.78. The third kappa shape index (κ3) is 8.24. The molecular weight excluding hydrogens is 491 g/mol. The second-order valence-corrected chi connectivity index (χ2v) is 7.57. The van der Waals surface area contributed by atoms with E-state index in [9.17, 15) is 35.5 Å². The molecule has 0 saturated heterocycles. The first-order chi connectivity index (χ1) is 16.6. The molecule has 4 nitrogen and oxygen atoms in total. The second kappa shape index (κ2) is 12.4. The van der Waals surface area contributed by atoms with Gasteiger partial charge in [0.25, 0.3) is 5.91 Å². The summed E-state index contributed by atoms with van der Waals surface area (Å²) < 4.78 is 94.4. The Bertz CT molecular complexity index is 1080. The van der Waals surface area contributed by atoms with Crippen LogP contribution in [0.3, 0.4) is 0 Å². The fourth-order valence-corrected chi connectivity index (χ4v) is 2.90. The lowest BCUT2D eigenvalue weighted by Gasteiger charge is -2.21. The Hall–Kier alpha value is -3.63. The molecule has 0 saturated carbocycles. The molecule has 0 aromatic heterocycles. The van der Waals surface area contributed by atoms with Crippen molar-refractivity contribution in [3.63, 3.8) is 0 Å². The molecule has 1 amide bonds. The first kappa shape index (κ1) is 30.4. The number of hydrogen-bond donors (Lipinski definition) is 1. The molecule has 1 unspecified atom stereocenters. The number of amides is 1. The fourth-order valence-electron chi connectivity index (χ4n) is 2.90. The van der Waals surface area contributed by atoms with Crippen molar-refractivity contribution in [2.75, 3.05) is 0 Å². The van der Waals surface area contributed by atoms with Gasteiger partial charge in [0.1, 0.15) is 5.83 Å². The van der Waals surface area contributed by atoms with Crippen LogP contribution in [-0.4, -0.2) is 16.6 Å². The van der Waals surface area contributed by atoms with Gasteiger partial charge in [0.05, 0.1) is 22.4 Å². The van der Waals surface area contributed by atoms with E-state index in [0.29, 0.717) is 18.6 Å². The first-order valence-corrected chi connectivity index (χ1v) is 10.6. The van der Waals surface area contributed by atoms with E-state index in [-0.39, 0.29) is 17.4 Å². The molecule has 0 aliphatic rings. The summed E-state index contributed by atoms with van der Waals surface area (Å²) in [6.45, 7) is 11.5. The maximum atomic E-state index is 14.0. The summed E-state index contributed by atoms with van der Waals surface area (Å²) in [7, 11) is 0. The summed E-state index contributed by atoms with van der Waals surface area (Å²) in [6, 6.07) is 1.13. The van der Waals surface area contributed by atoms with Gasteiger partial charge in [-0.05, 0) is 37.1 Å². The summed E-state index contributed by atoms with van der Waals surface area (Å²) in [4.78, 5) is 12.0. The zero-order valence-electron chi connectivity index (χ0n) is 19.8. The number of allylic oxidation sites excluding steroid dienone is 4. The van der Waals surface area contributed by atoms with Gasteiger partial charge in [-0.15, -0.1) is 0 Å². The van der Waals surface area contributed by atoms with Crippen LogP contribution in [-0.2, 0) is 17.1 Å². The van der Waals surface area contributed by atoms with Crippen molar-refractivity contribution >= 4 is 11.6 Å². The number of carbonyl (C=O) groups is 1. The predicted octanol–water partition coefficient (Wildman–Crippen LogP) is 7.27. The topological polar surface area (TPSA) is 58.7 Å². The monoisotopic (exact) mass is 517 g/mol. The third-order valence-corrected chi connectivity index (χ3v) is 4.94. The van der Waals surface area contributed by atoms with Gasteiger partial charge in [-0.25, -0.2) is 9.40 Å². The van der Waals surface area contributed by atoms with Crippen LogP contribution in [0.2, 0.25) is 0 Å². The number of benzene rings is 1. The molecule has 2 N–H and O–H groups in total. The van der Waals surface area contributed by atoms with Crippen LogP contribution in [0.5, 0.6) is 0 Å². The third-order valence-electron chi connectivity index (χ3n) is 4.94. The highest BCUT2D eigenvalue weighted by molar-refractivity contribution is 6.02. The zero-order valence-corrected chi connectivity index (χ0v) is 19.8. The van der Waals surface area contributed by atoms with Crippen LogP contribution < -0.4 is 5.73 Å². The Morgan fingerprint density at radius 3 is 2.00 bits per heavy atom. The van der Waals surface area contributed by atoms with Gasteiger partial charge < -0.3 is 5.73 Å². The quantitative estimate of drug-likeness (QED) is 0.117. The number of rotatable bonds is 10. The molecule has 196 valence electrons. The van der Waals surface area contributed by atoms with E-state index in [0.717, 1.165) is 17.4 Å². The lowest BCUT2D eigenvalue weighted by atomic mass is 9.93. The van der Waals surface area contributed by atoms with Crippen molar-refractivity contribution in [2.45, 2.75) is 39.5 Å². The van der Waals surface area contributed by atoms with Crippen LogP contribution in [0, 0.1) is 5.92 Å². The van der Waals surface area contributed by atoms with E-state index in [4.69, 9.17) is 5.73 Å². The molecule has 0 spiro atoms. The molecule has 36 heavy (non-hydrogen) atoms. The van der Waals surface area contributed by atoms with E-state index < -0.39 is 52.3 Å². The Kier molecular flexibility index (Phi) is 10.4. The largest absolute Gasteiger partial charge is 0.416 e. The molecule has 0 fully saturated rings. The van der Waals surface area contributed by atoms with Gasteiger partial charge in [0, 0.05) is 23.9 Å². The van der Waals surface area contributed by atoms with Gasteiger partial charge in [-0.3, -0.25) is 4.79 Å². The van der Waals surface area contributed by atoms with Crippen LogP contribution in [0.1, 0.15) is 43.9 Å². The SMILES string of the molecule is C=CN(C=C(C(N)=O)C(=CC=CC)C(=C)F)N=C(c1cc(C(F)(F)F)cc(C(F)(F)F)c1)C(C)CC. The van der Waals surface area contributed by atoms with E-state index in [2.05, 4.69) is 18.3 Å². The molecular formula is C25H26F7N3O. The molecule has 1 atom stereocenters. The van der Waals surface area contributed by atoms with Crippen LogP contribution >= 0.6 is 0 Å². The standard InChI is InChI=1S/C25H26F7N3O/c1-6-9-10-20(16(5)26)21(23(33)36)14-35(8-3)34-22(15(4)7-2)17-11-18(24(27,28)29)13-19(12-17)25(30,31)32/h6,8-15H,3,5,7H2,1-2,4H3,(H2,33,36). The smallest absolute Gasteiger partial charge is 0.366 e. The number of halogens is 7. The summed E-state index contributed by atoms with van der Waals surface area (Å²) >= 11 is 0. The van der Waals surface area contributed by atoms with Crippen molar-refractivity contribution in [2.24, 2.45) is 16.8 Å². The molecule has 1 aromatic rings. The van der Waals surface area contributed by atoms with Crippen molar-refractivity contribution in [1.29, 1.82) is 0 Å². The van der Waals surface area contributed by atoms with Crippen molar-refractivity contribution in [1.82, 2.24) is 5.01 Å². The number of carbonyl (C=O) groups excluding carboxylic acids is 1. The van der Waals surface area contributed by atoms with E-state index in [1.54, 1.807) is 20.8 Å². The van der Waals surface area contributed by atoms with E-state index in [1.807, 2.05) is 0 Å². The minimum Gasteiger partial charge on any atom is -0.366 e. The molecule has 0 aliphatic carbocycles. The molecule has 0 heterocycles. The normalized spacial score (nSPS) is 14.7. The number of hydrazone groups is 1. The summed E-state index contributed by atoms with van der Waals surface area (Å²) in [5.74, 6) is -2.73. The van der Waals surface area contributed by atoms with Gasteiger partial charge in [0.2, 0.25) is 0 Å². The van der Waals surface area contributed by atoms with Gasteiger partial charge >= 0.3 is 12.4 Å². The average molecular weight is 517 g/mol. The fraction of sp³-hybridized carbons (Fsp3) is 0.280. The molecule has 1 aromatic carbocycles. The number of hydrogen-bond acceptors (Lipinski definition) is 3. The Balaban J connectivity index is 3.91. The van der Waals surface area contributed by atoms with Crippen LogP contribution in [0.15, 0.2) is 84.1 Å². The van der Waals surface area contributed by atoms with Gasteiger partial charge in [-0.1, -0.05) is 45.2 Å². The predicted molar refractivity (Wildman–Crippen MR) is 125 cm³/mol. The van der Waals surface area contributed by atoms with Gasteiger partial charge in [-0.2, -0.15) is 31.4 Å². The molecule has 11 heteroatoms. The molecule has 1 rings (SSSR count). The zero-order chi connectivity index (χ0) is 27.8. The minimum absolute atomic E-state index is 0.0132. The van der Waals surface area contributed by atoms with Crippen molar-refractivity contribution in [3.05, 3.63) is 95.6 Å². The maximum absolute atomic E-state index is 14.0. The number of alkyl halides is 6. The van der Waals surface area contributed by atoms with Crippen molar-refractivity contribution < 1.29 is 35.5 Å². The maximum Gasteiger partial charge on any atom is 0.416 e. The second-order valence-electron chi connectivity index (χ2n) is 7.57. The molecule has 0 radical (unpaired) electrons. The van der Waals surface area contributed by atoms with Crippen LogP contribution in [0.25, 0.3) is 0 Å². The first-order valence-electron chi connectivity index (χ1n) is 10.6. The highest BCUT2D eigenvalue weighted by atomic mass is 19.4.